The summed E-state index contributed by atoms with van der Waals surface area (Å²) in [5.74, 6) is 5.86. The number of nitro groups is 1. The van der Waals surface area contributed by atoms with Crippen LogP contribution in [0.4, 0.5) is 11.6 Å². The maximum atomic E-state index is 13.3. The molecule has 11 nitrogen and oxygen atoms in total. The molecule has 4 rings (SSSR count). The fourth-order valence-electron chi connectivity index (χ4n) is 3.69. The molecule has 0 radical (unpaired) electrons. The van der Waals surface area contributed by atoms with E-state index in [1.807, 2.05) is 0 Å². The third-order valence-corrected chi connectivity index (χ3v) is 5.24. The van der Waals surface area contributed by atoms with Crippen LogP contribution in [0.3, 0.4) is 0 Å². The molecule has 1 N–H and O–H groups in total. The van der Waals surface area contributed by atoms with Gasteiger partial charge in [-0.25, -0.2) is 9.67 Å². The van der Waals surface area contributed by atoms with Gasteiger partial charge in [0.05, 0.1) is 23.2 Å². The molecule has 2 aromatic heterocycles. The lowest BCUT2D eigenvalue weighted by molar-refractivity contribution is -0.385. The van der Waals surface area contributed by atoms with Gasteiger partial charge in [0.2, 0.25) is 5.95 Å². The van der Waals surface area contributed by atoms with Gasteiger partial charge in [-0.15, -0.1) is 5.92 Å². The van der Waals surface area contributed by atoms with Crippen LogP contribution in [0.2, 0.25) is 0 Å². The fraction of sp³-hybridized carbons (Fsp3) is 0.333. The van der Waals surface area contributed by atoms with E-state index in [0.29, 0.717) is 17.0 Å². The Balaban J connectivity index is 1.76. The first-order chi connectivity index (χ1) is 15.5. The van der Waals surface area contributed by atoms with Crippen molar-refractivity contribution in [2.75, 3.05) is 31.1 Å². The third kappa shape index (κ3) is 3.95. The van der Waals surface area contributed by atoms with Crippen LogP contribution in [0.1, 0.15) is 17.3 Å². The second kappa shape index (κ2) is 8.99. The van der Waals surface area contributed by atoms with Crippen LogP contribution in [0.5, 0.6) is 0 Å². The van der Waals surface area contributed by atoms with Crippen LogP contribution in [0.25, 0.3) is 11.0 Å². The maximum absolute atomic E-state index is 13.3. The third-order valence-electron chi connectivity index (χ3n) is 5.24. The molecule has 11 heteroatoms. The number of aromatic nitrogens is 4. The largest absolute Gasteiger partial charge is 0.340 e. The Bertz CT molecular complexity index is 1310. The molecule has 0 atom stereocenters. The van der Waals surface area contributed by atoms with Crippen molar-refractivity contribution in [1.82, 2.24) is 24.6 Å². The molecule has 3 heterocycles. The Hall–Kier alpha value is -4.04. The summed E-state index contributed by atoms with van der Waals surface area (Å²) in [5, 5.41) is 18.6. The minimum Gasteiger partial charge on any atom is -0.340 e. The molecule has 0 unspecified atom stereocenters. The number of Topliss-reactive ketones (excluding diaryl/α,β-unsaturated/α-hetero) is 1. The number of nitrogens with zero attached hydrogens (tertiary/aromatic N) is 6. The van der Waals surface area contributed by atoms with Crippen LogP contribution in [0.15, 0.2) is 35.3 Å². The van der Waals surface area contributed by atoms with Crippen LogP contribution in [0, 0.1) is 22.0 Å². The minimum absolute atomic E-state index is 0.0711. The van der Waals surface area contributed by atoms with Gasteiger partial charge in [-0.3, -0.25) is 24.3 Å². The highest BCUT2D eigenvalue weighted by Gasteiger charge is 2.24. The Labute approximate surface area is 182 Å². The highest BCUT2D eigenvalue weighted by atomic mass is 16.6. The number of benzene rings is 1. The number of rotatable bonds is 6. The number of para-hydroxylation sites is 1. The first-order valence-electron chi connectivity index (χ1n) is 10.1. The van der Waals surface area contributed by atoms with Crippen LogP contribution < -0.4 is 15.8 Å². The van der Waals surface area contributed by atoms with Crippen molar-refractivity contribution in [3.63, 3.8) is 0 Å². The van der Waals surface area contributed by atoms with Gasteiger partial charge in [0, 0.05) is 32.2 Å². The summed E-state index contributed by atoms with van der Waals surface area (Å²) >= 11 is 0. The number of carbonyl (C=O) groups is 1. The van der Waals surface area contributed by atoms with E-state index < -0.39 is 22.8 Å². The van der Waals surface area contributed by atoms with Gasteiger partial charge in [0.25, 0.3) is 11.2 Å². The summed E-state index contributed by atoms with van der Waals surface area (Å²) in [4.78, 5) is 43.4. The SMILES string of the molecule is CC#CCn1c(N2CCNCC2)nc2cnn(CC(=O)c3ccccc3[N+](=O)[O-])c(=O)c21. The van der Waals surface area contributed by atoms with Crippen molar-refractivity contribution < 1.29 is 9.72 Å². The summed E-state index contributed by atoms with van der Waals surface area (Å²) in [6.45, 7) is 4.64. The van der Waals surface area contributed by atoms with Crippen LogP contribution >= 0.6 is 0 Å². The Kier molecular flexibility index (Phi) is 5.96. The number of imidazole rings is 1. The maximum Gasteiger partial charge on any atom is 0.293 e. The van der Waals surface area contributed by atoms with Crippen molar-refractivity contribution in [3.05, 3.63) is 56.5 Å². The molecule has 3 aromatic rings. The molecule has 0 saturated carbocycles. The number of hydrogen-bond donors (Lipinski definition) is 1. The standard InChI is InChI=1S/C21H21N7O4/c1-2-3-10-26-19-16(24-21(26)25-11-8-22-9-12-25)13-23-27(20(19)30)14-18(29)15-6-4-5-7-17(15)28(31)32/h4-7,13,22H,8-12,14H2,1H3. The van der Waals surface area contributed by atoms with Crippen molar-refractivity contribution in [3.8, 4) is 11.8 Å². The Morgan fingerprint density at radius 2 is 2.03 bits per heavy atom. The lowest BCUT2D eigenvalue weighted by Crippen LogP contribution is -2.44. The summed E-state index contributed by atoms with van der Waals surface area (Å²) < 4.78 is 2.76. The number of carbonyl (C=O) groups excluding carboxylic acids is 1. The number of nitrogens with one attached hydrogen (secondary N) is 1. The molecule has 1 fully saturated rings. The number of hydrogen-bond acceptors (Lipinski definition) is 8. The molecule has 1 aromatic carbocycles. The van der Waals surface area contributed by atoms with Gasteiger partial charge in [-0.05, 0) is 13.0 Å². The zero-order valence-electron chi connectivity index (χ0n) is 17.4. The number of nitro benzene ring substituents is 1. The second-order valence-electron chi connectivity index (χ2n) is 7.20. The minimum atomic E-state index is -0.620. The van der Waals surface area contributed by atoms with E-state index in [9.17, 15) is 19.7 Å². The van der Waals surface area contributed by atoms with Gasteiger partial charge in [0.1, 0.15) is 17.6 Å². The number of ketones is 1. The van der Waals surface area contributed by atoms with Crippen LogP contribution in [-0.2, 0) is 13.1 Å². The van der Waals surface area contributed by atoms with Crippen molar-refractivity contribution in [1.29, 1.82) is 0 Å². The molecular formula is C21H21N7O4. The summed E-state index contributed by atoms with van der Waals surface area (Å²) in [6, 6.07) is 5.65. The second-order valence-corrected chi connectivity index (χ2v) is 7.20. The number of fused-ring (bicyclic) bond motifs is 1. The Morgan fingerprint density at radius 3 is 2.75 bits per heavy atom. The molecule has 0 amide bonds. The van der Waals surface area contributed by atoms with Gasteiger partial charge >= 0.3 is 0 Å². The van der Waals surface area contributed by atoms with E-state index in [-0.39, 0.29) is 17.8 Å². The van der Waals surface area contributed by atoms with Gasteiger partial charge in [-0.1, -0.05) is 18.1 Å². The fourth-order valence-corrected chi connectivity index (χ4v) is 3.69. The molecule has 32 heavy (non-hydrogen) atoms. The van der Waals surface area contributed by atoms with E-state index in [2.05, 4.69) is 32.1 Å². The first-order valence-corrected chi connectivity index (χ1v) is 10.1. The lowest BCUT2D eigenvalue weighted by atomic mass is 10.1. The molecule has 1 saturated heterocycles. The van der Waals surface area contributed by atoms with Gasteiger partial charge in [-0.2, -0.15) is 5.10 Å². The van der Waals surface area contributed by atoms with E-state index in [0.717, 1.165) is 30.9 Å². The monoisotopic (exact) mass is 435 g/mol. The summed E-state index contributed by atoms with van der Waals surface area (Å²) in [5.41, 5.74) is -0.169. The zero-order valence-corrected chi connectivity index (χ0v) is 17.4. The van der Waals surface area contributed by atoms with E-state index in [1.54, 1.807) is 11.5 Å². The average molecular weight is 435 g/mol. The molecule has 0 spiro atoms. The topological polar surface area (TPSA) is 128 Å². The number of piperazine rings is 1. The molecule has 1 aliphatic heterocycles. The average Bonchev–Trinajstić information content (AvgIpc) is 3.19. The zero-order chi connectivity index (χ0) is 22.7. The van der Waals surface area contributed by atoms with Crippen molar-refractivity contribution in [2.24, 2.45) is 0 Å². The molecule has 1 aliphatic rings. The molecule has 0 aliphatic carbocycles. The van der Waals surface area contributed by atoms with Crippen LogP contribution in [-0.4, -0.2) is 56.2 Å². The van der Waals surface area contributed by atoms with E-state index >= 15 is 0 Å². The number of anilines is 1. The smallest absolute Gasteiger partial charge is 0.293 e. The van der Waals surface area contributed by atoms with Gasteiger partial charge in [0.15, 0.2) is 5.78 Å². The summed E-state index contributed by atoms with van der Waals surface area (Å²) in [6.07, 6.45) is 1.44. The lowest BCUT2D eigenvalue weighted by Gasteiger charge is -2.28. The van der Waals surface area contributed by atoms with Gasteiger partial charge < -0.3 is 10.2 Å². The van der Waals surface area contributed by atoms with Crippen molar-refractivity contribution in [2.45, 2.75) is 20.0 Å². The predicted molar refractivity (Wildman–Crippen MR) is 118 cm³/mol. The quantitative estimate of drug-likeness (QED) is 0.261. The molecule has 0 bridgehead atoms. The Morgan fingerprint density at radius 1 is 1.28 bits per heavy atom. The normalized spacial score (nSPS) is 13.6. The predicted octanol–water partition coefficient (Wildman–Crippen LogP) is 0.817. The molecular weight excluding hydrogens is 414 g/mol. The van der Waals surface area contributed by atoms with Crippen molar-refractivity contribution >= 4 is 28.5 Å². The highest BCUT2D eigenvalue weighted by Crippen LogP contribution is 2.21. The molecule has 164 valence electrons. The summed E-state index contributed by atoms with van der Waals surface area (Å²) in [7, 11) is 0. The first kappa shape index (κ1) is 21.2. The van der Waals surface area contributed by atoms with E-state index in [1.165, 1.54) is 30.5 Å². The van der Waals surface area contributed by atoms with E-state index in [4.69, 9.17) is 0 Å². The highest BCUT2D eigenvalue weighted by molar-refractivity contribution is 5.99.